The highest BCUT2D eigenvalue weighted by Crippen LogP contribution is 2.52. The summed E-state index contributed by atoms with van der Waals surface area (Å²) in [5.74, 6) is -1.22. The summed E-state index contributed by atoms with van der Waals surface area (Å²) in [4.78, 5) is 27.1. The molecular formula is C25H28F2N2O4Si. The molecule has 0 saturated carbocycles. The number of alkyl halides is 1. The Hall–Kier alpha value is -2.88. The van der Waals surface area contributed by atoms with Crippen LogP contribution in [0.25, 0.3) is 0 Å². The van der Waals surface area contributed by atoms with E-state index in [2.05, 4.69) is 0 Å². The summed E-state index contributed by atoms with van der Waals surface area (Å²) in [6.45, 7) is 5.39. The zero-order chi connectivity index (χ0) is 24.7. The van der Waals surface area contributed by atoms with Crippen molar-refractivity contribution in [1.29, 1.82) is 0 Å². The molecule has 180 valence electrons. The predicted molar refractivity (Wildman–Crippen MR) is 128 cm³/mol. The molecule has 0 spiro atoms. The molecule has 6 nitrogen and oxygen atoms in total. The van der Waals surface area contributed by atoms with E-state index in [1.807, 2.05) is 86.4 Å². The Kier molecular flexibility index (Phi) is 6.22. The number of halogens is 2. The number of ether oxygens (including phenoxy) is 1. The first-order chi connectivity index (χ1) is 16.1. The SMILES string of the molecule is CC(C)(C)[Si](c1ccccc1)(c1ccccc1)[C@@]1(n2cc(F)c(=O)[nH]c2=O)O[C@H](CO)C[C@H]1F. The number of aromatic amines is 1. The van der Waals surface area contributed by atoms with Crippen molar-refractivity contribution in [3.63, 3.8) is 0 Å². The lowest BCUT2D eigenvalue weighted by molar-refractivity contribution is -0.0833. The second-order valence-electron chi connectivity index (χ2n) is 9.66. The minimum atomic E-state index is -3.63. The van der Waals surface area contributed by atoms with Gasteiger partial charge in [-0.15, -0.1) is 0 Å². The van der Waals surface area contributed by atoms with Crippen molar-refractivity contribution in [3.05, 3.63) is 93.5 Å². The molecule has 3 atom stereocenters. The molecule has 2 heterocycles. The van der Waals surface area contributed by atoms with E-state index < -0.39 is 54.4 Å². The molecule has 1 aliphatic rings. The van der Waals surface area contributed by atoms with Crippen LogP contribution >= 0.6 is 0 Å². The van der Waals surface area contributed by atoms with Crippen molar-refractivity contribution >= 4 is 18.4 Å². The van der Waals surface area contributed by atoms with Crippen LogP contribution in [-0.4, -0.2) is 41.6 Å². The van der Waals surface area contributed by atoms with Gasteiger partial charge in [0.05, 0.1) is 18.9 Å². The van der Waals surface area contributed by atoms with E-state index in [0.29, 0.717) is 0 Å². The predicted octanol–water partition coefficient (Wildman–Crippen LogP) is 2.05. The Morgan fingerprint density at radius 2 is 1.62 bits per heavy atom. The van der Waals surface area contributed by atoms with Gasteiger partial charge in [-0.05, 0) is 15.4 Å². The van der Waals surface area contributed by atoms with Crippen LogP contribution in [0, 0.1) is 5.82 Å². The molecule has 1 fully saturated rings. The number of nitrogens with one attached hydrogen (secondary N) is 1. The van der Waals surface area contributed by atoms with E-state index in [1.165, 1.54) is 0 Å². The molecule has 9 heteroatoms. The van der Waals surface area contributed by atoms with Gasteiger partial charge in [0, 0.05) is 6.42 Å². The molecule has 2 N–H and O–H groups in total. The van der Waals surface area contributed by atoms with Crippen LogP contribution in [0.4, 0.5) is 8.78 Å². The highest BCUT2D eigenvalue weighted by atomic mass is 28.3. The van der Waals surface area contributed by atoms with Crippen LogP contribution in [0.5, 0.6) is 0 Å². The van der Waals surface area contributed by atoms with Gasteiger partial charge in [-0.25, -0.2) is 9.18 Å². The second kappa shape index (κ2) is 8.72. The number of rotatable bonds is 5. The van der Waals surface area contributed by atoms with Crippen molar-refractivity contribution in [3.8, 4) is 0 Å². The van der Waals surface area contributed by atoms with Crippen molar-refractivity contribution in [1.82, 2.24) is 9.55 Å². The zero-order valence-corrected chi connectivity index (χ0v) is 20.3. The van der Waals surface area contributed by atoms with Crippen LogP contribution < -0.4 is 21.6 Å². The number of nitrogens with zero attached hydrogens (tertiary/aromatic N) is 1. The van der Waals surface area contributed by atoms with E-state index in [4.69, 9.17) is 4.74 Å². The molecule has 1 aromatic heterocycles. The summed E-state index contributed by atoms with van der Waals surface area (Å²) in [6, 6.07) is 18.5. The standard InChI is InChI=1S/C25H28F2N2O4Si/c1-24(2,3)34(18-10-6-4-7-11-18,19-12-8-5-9-13-19)25(21(27)14-17(16-30)33-25)29-15-20(26)22(31)28-23(29)32/h4-13,15,17,21,30H,14,16H2,1-3H3,(H,28,31,32)/t17-,21+,25-/m0/s1. The van der Waals surface area contributed by atoms with Crippen LogP contribution in [0.15, 0.2) is 76.4 Å². The van der Waals surface area contributed by atoms with E-state index >= 15 is 4.39 Å². The number of aliphatic hydroxyl groups is 1. The summed E-state index contributed by atoms with van der Waals surface area (Å²) < 4.78 is 38.5. The van der Waals surface area contributed by atoms with Gasteiger partial charge in [-0.1, -0.05) is 81.4 Å². The summed E-state index contributed by atoms with van der Waals surface area (Å²) >= 11 is 0. The number of aromatic nitrogens is 2. The quantitative estimate of drug-likeness (QED) is 0.541. The van der Waals surface area contributed by atoms with Crippen LogP contribution in [-0.2, 0) is 10.1 Å². The Balaban J connectivity index is 2.26. The van der Waals surface area contributed by atoms with Crippen LogP contribution in [0.1, 0.15) is 27.2 Å². The molecule has 0 amide bonds. The molecule has 0 aliphatic carbocycles. The highest BCUT2D eigenvalue weighted by molar-refractivity contribution is 7.05. The zero-order valence-electron chi connectivity index (χ0n) is 19.3. The summed E-state index contributed by atoms with van der Waals surface area (Å²) in [7, 11) is -3.63. The van der Waals surface area contributed by atoms with Gasteiger partial charge in [0.2, 0.25) is 5.82 Å². The first-order valence-electron chi connectivity index (χ1n) is 11.2. The number of hydrogen-bond donors (Lipinski definition) is 2. The normalized spacial score (nSPS) is 23.2. The highest BCUT2D eigenvalue weighted by Gasteiger charge is 2.71. The molecule has 0 bridgehead atoms. The van der Waals surface area contributed by atoms with E-state index in [0.717, 1.165) is 21.1 Å². The largest absolute Gasteiger partial charge is 0.394 e. The van der Waals surface area contributed by atoms with Gasteiger partial charge >= 0.3 is 5.69 Å². The lowest BCUT2D eigenvalue weighted by atomic mass is 10.2. The molecule has 0 radical (unpaired) electrons. The van der Waals surface area contributed by atoms with Gasteiger partial charge in [0.25, 0.3) is 5.56 Å². The molecule has 0 unspecified atom stereocenters. The molecule has 2 aromatic carbocycles. The lowest BCUT2D eigenvalue weighted by Gasteiger charge is -2.55. The van der Waals surface area contributed by atoms with Crippen molar-refractivity contribution in [2.24, 2.45) is 0 Å². The fourth-order valence-corrected chi connectivity index (χ4v) is 12.5. The molecule has 4 rings (SSSR count). The fourth-order valence-electron chi connectivity index (χ4n) is 5.64. The van der Waals surface area contributed by atoms with E-state index in [1.54, 1.807) is 0 Å². The van der Waals surface area contributed by atoms with Gasteiger partial charge in [0.15, 0.2) is 13.4 Å². The topological polar surface area (TPSA) is 84.3 Å². The summed E-state index contributed by atoms with van der Waals surface area (Å²) in [6.07, 6.45) is -2.14. The maximum absolute atomic E-state index is 16.6. The summed E-state index contributed by atoms with van der Waals surface area (Å²) in [5, 5.41) is 8.81. The Morgan fingerprint density at radius 1 is 1.09 bits per heavy atom. The number of aliphatic hydroxyl groups excluding tert-OH is 1. The number of benzene rings is 2. The minimum absolute atomic E-state index is 0.186. The Labute approximate surface area is 196 Å². The third kappa shape index (κ3) is 3.41. The first kappa shape index (κ1) is 24.2. The van der Waals surface area contributed by atoms with Crippen LogP contribution in [0.3, 0.4) is 0 Å². The third-order valence-corrected chi connectivity index (χ3v) is 13.2. The second-order valence-corrected chi connectivity index (χ2v) is 14.5. The average Bonchev–Trinajstić information content (AvgIpc) is 3.14. The van der Waals surface area contributed by atoms with E-state index in [-0.39, 0.29) is 6.42 Å². The summed E-state index contributed by atoms with van der Waals surface area (Å²) in [5.41, 5.74) is -2.16. The molecule has 1 saturated heterocycles. The molecule has 1 aliphatic heterocycles. The van der Waals surface area contributed by atoms with Crippen LogP contribution in [0.2, 0.25) is 5.04 Å². The monoisotopic (exact) mass is 486 g/mol. The smallest absolute Gasteiger partial charge is 0.330 e. The molecule has 3 aromatic rings. The van der Waals surface area contributed by atoms with Crippen molar-refractivity contribution < 1.29 is 18.6 Å². The van der Waals surface area contributed by atoms with E-state index in [9.17, 15) is 19.1 Å². The van der Waals surface area contributed by atoms with Gasteiger partial charge in [-0.3, -0.25) is 14.3 Å². The van der Waals surface area contributed by atoms with Crippen molar-refractivity contribution in [2.45, 2.75) is 49.9 Å². The number of H-pyrrole nitrogens is 1. The molecule has 34 heavy (non-hydrogen) atoms. The fraction of sp³-hybridized carbons (Fsp3) is 0.360. The average molecular weight is 487 g/mol. The first-order valence-corrected chi connectivity index (χ1v) is 13.2. The number of hydrogen-bond acceptors (Lipinski definition) is 4. The van der Waals surface area contributed by atoms with Gasteiger partial charge in [0.1, 0.15) is 6.17 Å². The Morgan fingerprint density at radius 3 is 2.06 bits per heavy atom. The molecular weight excluding hydrogens is 458 g/mol. The Bertz CT molecular complexity index is 1230. The maximum Gasteiger partial charge on any atom is 0.330 e. The minimum Gasteiger partial charge on any atom is -0.394 e. The van der Waals surface area contributed by atoms with Gasteiger partial charge < -0.3 is 9.84 Å². The maximum atomic E-state index is 16.6. The van der Waals surface area contributed by atoms with Gasteiger partial charge in [-0.2, -0.15) is 4.39 Å². The lowest BCUT2D eigenvalue weighted by Crippen LogP contribution is -2.81. The van der Waals surface area contributed by atoms with Crippen molar-refractivity contribution in [2.75, 3.05) is 6.61 Å². The third-order valence-electron chi connectivity index (χ3n) is 6.78.